The first-order chi connectivity index (χ1) is 12.9. The smallest absolute Gasteiger partial charge is 0.261 e. The van der Waals surface area contributed by atoms with Crippen LogP contribution in [0.1, 0.15) is 42.1 Å². The molecular weight excluding hydrogens is 398 g/mol. The van der Waals surface area contributed by atoms with Crippen LogP contribution >= 0.6 is 12.4 Å². The summed E-state index contributed by atoms with van der Waals surface area (Å²) in [5.41, 5.74) is 7.51. The Morgan fingerprint density at radius 3 is 2.43 bits per heavy atom. The fourth-order valence-electron chi connectivity index (χ4n) is 2.61. The van der Waals surface area contributed by atoms with Gasteiger partial charge in [0.2, 0.25) is 0 Å². The van der Waals surface area contributed by atoms with Crippen molar-refractivity contribution >= 4 is 34.0 Å². The fourth-order valence-corrected chi connectivity index (χ4v) is 3.71. The van der Waals surface area contributed by atoms with Gasteiger partial charge in [-0.1, -0.05) is 43.5 Å². The van der Waals surface area contributed by atoms with E-state index in [0.29, 0.717) is 12.2 Å². The first kappa shape index (κ1) is 23.9. The van der Waals surface area contributed by atoms with Gasteiger partial charge in [-0.3, -0.25) is 9.52 Å². The second-order valence-electron chi connectivity index (χ2n) is 6.55. The Bertz CT molecular complexity index is 871. The van der Waals surface area contributed by atoms with Crippen molar-refractivity contribution in [3.8, 4) is 0 Å². The number of nitrogens with one attached hydrogen (secondary N) is 2. The van der Waals surface area contributed by atoms with E-state index in [1.54, 1.807) is 24.3 Å². The van der Waals surface area contributed by atoms with Crippen molar-refractivity contribution in [1.29, 1.82) is 0 Å². The van der Waals surface area contributed by atoms with E-state index in [9.17, 15) is 13.2 Å². The van der Waals surface area contributed by atoms with E-state index in [0.717, 1.165) is 24.8 Å². The number of unbranched alkanes of at least 4 members (excludes halogenated alkanes) is 1. The molecule has 2 aromatic rings. The molecule has 0 radical (unpaired) electrons. The number of amides is 1. The summed E-state index contributed by atoms with van der Waals surface area (Å²) in [5.74, 6) is -0.325. The molecule has 0 spiro atoms. The van der Waals surface area contributed by atoms with Crippen molar-refractivity contribution in [2.45, 2.75) is 44.0 Å². The Morgan fingerprint density at radius 2 is 1.82 bits per heavy atom. The number of sulfonamides is 1. The van der Waals surface area contributed by atoms with Gasteiger partial charge in [-0.2, -0.15) is 0 Å². The Balaban J connectivity index is 0.00000392. The molecule has 28 heavy (non-hydrogen) atoms. The van der Waals surface area contributed by atoms with Gasteiger partial charge < -0.3 is 11.1 Å². The number of rotatable bonds is 9. The molecule has 0 aliphatic rings. The predicted molar refractivity (Wildman–Crippen MR) is 116 cm³/mol. The van der Waals surface area contributed by atoms with Crippen LogP contribution in [0, 0.1) is 6.92 Å². The standard InChI is InChI=1S/C20H27N3O3S.ClH/c1-3-4-7-18(14-21)22-20(24)16-6-5-8-19(13-16)27(25,26)23-17-11-9-15(2)10-12-17;/h5-6,8-13,18,23H,3-4,7,14,21H2,1-2H3,(H,22,24);1H. The molecule has 0 heterocycles. The molecular formula is C20H28ClN3O3S. The van der Waals surface area contributed by atoms with Gasteiger partial charge in [-0.05, 0) is 43.7 Å². The number of hydrogen-bond donors (Lipinski definition) is 3. The molecule has 4 N–H and O–H groups in total. The molecule has 1 atom stereocenters. The summed E-state index contributed by atoms with van der Waals surface area (Å²) in [5, 5.41) is 2.87. The lowest BCUT2D eigenvalue weighted by atomic mass is 10.1. The Morgan fingerprint density at radius 1 is 1.14 bits per heavy atom. The SMILES string of the molecule is CCCCC(CN)NC(=O)c1cccc(S(=O)(=O)Nc2ccc(C)cc2)c1.Cl. The maximum atomic E-state index is 12.6. The van der Waals surface area contributed by atoms with Crippen molar-refractivity contribution in [3.05, 3.63) is 59.7 Å². The maximum Gasteiger partial charge on any atom is 0.261 e. The highest BCUT2D eigenvalue weighted by Crippen LogP contribution is 2.18. The summed E-state index contributed by atoms with van der Waals surface area (Å²) < 4.78 is 27.8. The number of anilines is 1. The number of nitrogens with two attached hydrogens (primary N) is 1. The molecule has 0 aromatic heterocycles. The molecule has 2 rings (SSSR count). The minimum Gasteiger partial charge on any atom is -0.348 e. The van der Waals surface area contributed by atoms with Gasteiger partial charge in [0, 0.05) is 23.8 Å². The normalized spacial score (nSPS) is 12.0. The van der Waals surface area contributed by atoms with Crippen LogP contribution in [-0.2, 0) is 10.0 Å². The molecule has 0 aliphatic heterocycles. The Labute approximate surface area is 173 Å². The molecule has 1 unspecified atom stereocenters. The van der Waals surface area contributed by atoms with Crippen molar-refractivity contribution in [3.63, 3.8) is 0 Å². The second-order valence-corrected chi connectivity index (χ2v) is 8.23. The van der Waals surface area contributed by atoms with Crippen molar-refractivity contribution in [2.24, 2.45) is 5.73 Å². The quantitative estimate of drug-likeness (QED) is 0.572. The van der Waals surface area contributed by atoms with E-state index in [1.165, 1.54) is 12.1 Å². The average Bonchev–Trinajstić information content (AvgIpc) is 2.66. The summed E-state index contributed by atoms with van der Waals surface area (Å²) >= 11 is 0. The van der Waals surface area contributed by atoms with Gasteiger partial charge in [0.15, 0.2) is 0 Å². The van der Waals surface area contributed by atoms with Gasteiger partial charge in [-0.25, -0.2) is 8.42 Å². The lowest BCUT2D eigenvalue weighted by Gasteiger charge is -2.17. The van der Waals surface area contributed by atoms with Crippen LogP contribution in [0.3, 0.4) is 0 Å². The summed E-state index contributed by atoms with van der Waals surface area (Å²) in [4.78, 5) is 12.5. The third kappa shape index (κ3) is 6.82. The minimum atomic E-state index is -3.79. The van der Waals surface area contributed by atoms with Crippen LogP contribution in [0.4, 0.5) is 5.69 Å². The van der Waals surface area contributed by atoms with Crippen molar-refractivity contribution < 1.29 is 13.2 Å². The molecule has 0 fully saturated rings. The van der Waals surface area contributed by atoms with E-state index in [4.69, 9.17) is 5.73 Å². The maximum absolute atomic E-state index is 12.6. The number of carbonyl (C=O) groups is 1. The number of hydrogen-bond acceptors (Lipinski definition) is 4. The number of halogens is 1. The fraction of sp³-hybridized carbons (Fsp3) is 0.350. The highest BCUT2D eigenvalue weighted by atomic mass is 35.5. The number of carbonyl (C=O) groups excluding carboxylic acids is 1. The first-order valence-electron chi connectivity index (χ1n) is 9.06. The van der Waals surface area contributed by atoms with Crippen LogP contribution in [-0.4, -0.2) is 26.9 Å². The Kier molecular flexibility index (Phi) is 9.45. The molecule has 6 nitrogen and oxygen atoms in total. The lowest BCUT2D eigenvalue weighted by molar-refractivity contribution is 0.0935. The summed E-state index contributed by atoms with van der Waals surface area (Å²) in [6.45, 7) is 4.35. The first-order valence-corrected chi connectivity index (χ1v) is 10.5. The van der Waals surface area contributed by atoms with Gasteiger partial charge in [0.05, 0.1) is 4.90 Å². The van der Waals surface area contributed by atoms with E-state index in [-0.39, 0.29) is 34.8 Å². The predicted octanol–water partition coefficient (Wildman–Crippen LogP) is 3.46. The topological polar surface area (TPSA) is 101 Å². The van der Waals surface area contributed by atoms with Crippen LogP contribution in [0.2, 0.25) is 0 Å². The molecule has 0 saturated heterocycles. The molecule has 0 saturated carbocycles. The molecule has 0 aliphatic carbocycles. The highest BCUT2D eigenvalue weighted by molar-refractivity contribution is 7.92. The zero-order chi connectivity index (χ0) is 19.9. The minimum absolute atomic E-state index is 0. The van der Waals surface area contributed by atoms with Gasteiger partial charge in [0.1, 0.15) is 0 Å². The lowest BCUT2D eigenvalue weighted by Crippen LogP contribution is -2.40. The summed E-state index contributed by atoms with van der Waals surface area (Å²) in [7, 11) is -3.79. The van der Waals surface area contributed by atoms with Crippen LogP contribution in [0.15, 0.2) is 53.4 Å². The van der Waals surface area contributed by atoms with E-state index >= 15 is 0 Å². The van der Waals surface area contributed by atoms with Crippen LogP contribution in [0.25, 0.3) is 0 Å². The zero-order valence-electron chi connectivity index (χ0n) is 16.1. The second kappa shape index (κ2) is 11.0. The third-order valence-corrected chi connectivity index (χ3v) is 5.62. The summed E-state index contributed by atoms with van der Waals surface area (Å²) in [6, 6.07) is 12.9. The highest BCUT2D eigenvalue weighted by Gasteiger charge is 2.18. The van der Waals surface area contributed by atoms with Crippen molar-refractivity contribution in [1.82, 2.24) is 5.32 Å². The monoisotopic (exact) mass is 425 g/mol. The number of benzene rings is 2. The van der Waals surface area contributed by atoms with Gasteiger partial charge >= 0.3 is 0 Å². The van der Waals surface area contributed by atoms with Crippen LogP contribution in [0.5, 0.6) is 0 Å². The molecule has 2 aromatic carbocycles. The van der Waals surface area contributed by atoms with Crippen molar-refractivity contribution in [2.75, 3.05) is 11.3 Å². The zero-order valence-corrected chi connectivity index (χ0v) is 17.8. The summed E-state index contributed by atoms with van der Waals surface area (Å²) in [6.07, 6.45) is 2.79. The van der Waals surface area contributed by atoms with Crippen LogP contribution < -0.4 is 15.8 Å². The van der Waals surface area contributed by atoms with Gasteiger partial charge in [-0.15, -0.1) is 12.4 Å². The molecule has 154 valence electrons. The largest absolute Gasteiger partial charge is 0.348 e. The van der Waals surface area contributed by atoms with E-state index in [1.807, 2.05) is 19.1 Å². The number of aryl methyl sites for hydroxylation is 1. The third-order valence-electron chi connectivity index (χ3n) is 4.24. The van der Waals surface area contributed by atoms with Gasteiger partial charge in [0.25, 0.3) is 15.9 Å². The van der Waals surface area contributed by atoms with E-state index < -0.39 is 10.0 Å². The van der Waals surface area contributed by atoms with E-state index in [2.05, 4.69) is 17.0 Å². The molecule has 0 bridgehead atoms. The average molecular weight is 426 g/mol. The molecule has 8 heteroatoms. The Hall–Kier alpha value is -2.09. The molecule has 1 amide bonds.